The third kappa shape index (κ3) is 3.19. The number of carbonyl (C=O) groups is 2. The van der Waals surface area contributed by atoms with Gasteiger partial charge >= 0.3 is 5.97 Å². The Kier molecular flexibility index (Phi) is 4.13. The molecule has 1 fully saturated rings. The predicted octanol–water partition coefficient (Wildman–Crippen LogP) is 3.37. The Morgan fingerprint density at radius 1 is 1.06 bits per heavy atom. The quantitative estimate of drug-likeness (QED) is 0.466. The summed E-state index contributed by atoms with van der Waals surface area (Å²) in [4.78, 5) is 23.0. The van der Waals surface area contributed by atoms with Crippen molar-refractivity contribution < 1.29 is 14.3 Å². The van der Waals surface area contributed by atoms with Gasteiger partial charge in [-0.05, 0) is 44.0 Å². The van der Waals surface area contributed by atoms with Gasteiger partial charge in [-0.25, -0.2) is 0 Å². The molecule has 3 nitrogen and oxygen atoms in total. The van der Waals surface area contributed by atoms with Gasteiger partial charge in [-0.3, -0.25) is 9.59 Å². The highest BCUT2D eigenvalue weighted by Gasteiger charge is 2.22. The average molecular weight is 246 g/mol. The van der Waals surface area contributed by atoms with E-state index in [0.29, 0.717) is 11.3 Å². The van der Waals surface area contributed by atoms with Crippen LogP contribution in [0.5, 0.6) is 5.75 Å². The summed E-state index contributed by atoms with van der Waals surface area (Å²) in [6.45, 7) is 1.52. The van der Waals surface area contributed by atoms with Gasteiger partial charge in [0, 0.05) is 5.56 Å². The molecule has 0 amide bonds. The molecule has 0 aliphatic heterocycles. The maximum Gasteiger partial charge on any atom is 0.314 e. The third-order valence-corrected chi connectivity index (χ3v) is 3.42. The Morgan fingerprint density at radius 3 is 2.22 bits per heavy atom. The predicted molar refractivity (Wildman–Crippen MR) is 68.7 cm³/mol. The van der Waals surface area contributed by atoms with Crippen LogP contribution in [0.2, 0.25) is 0 Å². The lowest BCUT2D eigenvalue weighted by molar-refractivity contribution is -0.139. The highest BCUT2D eigenvalue weighted by atomic mass is 16.5. The number of ether oxygens (including phenoxy) is 1. The SMILES string of the molecule is CC(=O)c1ccc(OC(=O)C2CCCCC2)cc1. The molecule has 0 spiro atoms. The molecular weight excluding hydrogens is 228 g/mol. The van der Waals surface area contributed by atoms with Crippen molar-refractivity contribution in [3.05, 3.63) is 29.8 Å². The van der Waals surface area contributed by atoms with Crippen molar-refractivity contribution in [2.45, 2.75) is 39.0 Å². The van der Waals surface area contributed by atoms with E-state index < -0.39 is 0 Å². The van der Waals surface area contributed by atoms with Crippen molar-refractivity contribution in [1.29, 1.82) is 0 Å². The number of hydrogen-bond donors (Lipinski definition) is 0. The minimum atomic E-state index is -0.134. The van der Waals surface area contributed by atoms with E-state index in [1.54, 1.807) is 24.3 Å². The highest BCUT2D eigenvalue weighted by Crippen LogP contribution is 2.25. The number of rotatable bonds is 3. The molecular formula is C15H18O3. The normalized spacial score (nSPS) is 16.3. The van der Waals surface area contributed by atoms with Crippen LogP contribution in [0.1, 0.15) is 49.4 Å². The zero-order valence-electron chi connectivity index (χ0n) is 10.6. The molecule has 0 saturated heterocycles. The lowest BCUT2D eigenvalue weighted by atomic mass is 9.89. The summed E-state index contributed by atoms with van der Waals surface area (Å²) in [6.07, 6.45) is 5.32. The first kappa shape index (κ1) is 12.8. The smallest absolute Gasteiger partial charge is 0.314 e. The molecule has 1 aromatic carbocycles. The zero-order valence-corrected chi connectivity index (χ0v) is 10.6. The molecule has 18 heavy (non-hydrogen) atoms. The molecule has 0 atom stereocenters. The van der Waals surface area contributed by atoms with Crippen molar-refractivity contribution in [2.75, 3.05) is 0 Å². The van der Waals surface area contributed by atoms with Crippen LogP contribution >= 0.6 is 0 Å². The van der Waals surface area contributed by atoms with E-state index in [9.17, 15) is 9.59 Å². The molecule has 1 aliphatic rings. The van der Waals surface area contributed by atoms with Crippen LogP contribution in [0.3, 0.4) is 0 Å². The molecule has 3 heteroatoms. The standard InChI is InChI=1S/C15H18O3/c1-11(16)12-7-9-14(10-8-12)18-15(17)13-5-3-2-4-6-13/h7-10,13H,2-6H2,1H3. The average Bonchev–Trinajstić information content (AvgIpc) is 2.40. The highest BCUT2D eigenvalue weighted by molar-refractivity contribution is 5.94. The van der Waals surface area contributed by atoms with Crippen molar-refractivity contribution in [2.24, 2.45) is 5.92 Å². The number of hydrogen-bond acceptors (Lipinski definition) is 3. The summed E-state index contributed by atoms with van der Waals surface area (Å²) in [5, 5.41) is 0. The van der Waals surface area contributed by atoms with Crippen LogP contribution in [0.15, 0.2) is 24.3 Å². The van der Waals surface area contributed by atoms with E-state index in [0.717, 1.165) is 25.7 Å². The molecule has 1 aliphatic carbocycles. The van der Waals surface area contributed by atoms with Crippen LogP contribution in [0.4, 0.5) is 0 Å². The number of esters is 1. The van der Waals surface area contributed by atoms with Gasteiger partial charge in [0.2, 0.25) is 0 Å². The molecule has 2 rings (SSSR count). The number of benzene rings is 1. The van der Waals surface area contributed by atoms with Gasteiger partial charge in [0.25, 0.3) is 0 Å². The second kappa shape index (κ2) is 5.80. The van der Waals surface area contributed by atoms with E-state index >= 15 is 0 Å². The van der Waals surface area contributed by atoms with Gasteiger partial charge in [0.05, 0.1) is 5.92 Å². The summed E-state index contributed by atoms with van der Waals surface area (Å²) in [6, 6.07) is 6.73. The molecule has 0 aromatic heterocycles. The van der Waals surface area contributed by atoms with E-state index in [-0.39, 0.29) is 17.7 Å². The van der Waals surface area contributed by atoms with Crippen LogP contribution in [0.25, 0.3) is 0 Å². The Morgan fingerprint density at radius 2 is 1.67 bits per heavy atom. The Labute approximate surface area is 107 Å². The largest absolute Gasteiger partial charge is 0.426 e. The fourth-order valence-electron chi connectivity index (χ4n) is 2.30. The first-order valence-corrected chi connectivity index (χ1v) is 6.49. The van der Waals surface area contributed by atoms with Gasteiger partial charge < -0.3 is 4.74 Å². The van der Waals surface area contributed by atoms with E-state index in [4.69, 9.17) is 4.74 Å². The Balaban J connectivity index is 1.96. The minimum Gasteiger partial charge on any atom is -0.426 e. The Bertz CT molecular complexity index is 428. The number of ketones is 1. The van der Waals surface area contributed by atoms with Gasteiger partial charge in [0.15, 0.2) is 5.78 Å². The first-order chi connectivity index (χ1) is 8.66. The molecule has 0 N–H and O–H groups in total. The topological polar surface area (TPSA) is 43.4 Å². The van der Waals surface area contributed by atoms with Crippen LogP contribution in [-0.2, 0) is 4.79 Å². The summed E-state index contributed by atoms with van der Waals surface area (Å²) in [7, 11) is 0. The number of carbonyl (C=O) groups excluding carboxylic acids is 2. The van der Waals surface area contributed by atoms with E-state index in [1.165, 1.54) is 13.3 Å². The van der Waals surface area contributed by atoms with Crippen molar-refractivity contribution >= 4 is 11.8 Å². The summed E-state index contributed by atoms with van der Waals surface area (Å²) in [5.41, 5.74) is 0.632. The minimum absolute atomic E-state index is 0.0140. The lowest BCUT2D eigenvalue weighted by Gasteiger charge is -2.19. The fraction of sp³-hybridized carbons (Fsp3) is 0.467. The van der Waals surface area contributed by atoms with Gasteiger partial charge in [-0.1, -0.05) is 19.3 Å². The molecule has 1 aromatic rings. The van der Waals surface area contributed by atoms with Gasteiger partial charge in [0.1, 0.15) is 5.75 Å². The Hall–Kier alpha value is -1.64. The lowest BCUT2D eigenvalue weighted by Crippen LogP contribution is -2.22. The maximum absolute atomic E-state index is 11.9. The molecule has 0 radical (unpaired) electrons. The van der Waals surface area contributed by atoms with Crippen LogP contribution in [-0.4, -0.2) is 11.8 Å². The van der Waals surface area contributed by atoms with Crippen molar-refractivity contribution in [3.8, 4) is 5.75 Å². The summed E-state index contributed by atoms with van der Waals surface area (Å²) < 4.78 is 5.34. The monoisotopic (exact) mass is 246 g/mol. The number of Topliss-reactive ketones (excluding diaryl/α,β-unsaturated/α-hetero) is 1. The van der Waals surface area contributed by atoms with Gasteiger partial charge in [-0.15, -0.1) is 0 Å². The molecule has 96 valence electrons. The van der Waals surface area contributed by atoms with E-state index in [1.807, 2.05) is 0 Å². The van der Waals surface area contributed by atoms with Crippen LogP contribution in [0, 0.1) is 5.92 Å². The second-order valence-electron chi connectivity index (χ2n) is 4.84. The second-order valence-corrected chi connectivity index (χ2v) is 4.84. The zero-order chi connectivity index (χ0) is 13.0. The molecule has 0 heterocycles. The first-order valence-electron chi connectivity index (χ1n) is 6.49. The van der Waals surface area contributed by atoms with Crippen molar-refractivity contribution in [1.82, 2.24) is 0 Å². The maximum atomic E-state index is 11.9. The molecule has 1 saturated carbocycles. The molecule has 0 bridgehead atoms. The summed E-state index contributed by atoms with van der Waals surface area (Å²) in [5.74, 6) is 0.451. The summed E-state index contributed by atoms with van der Waals surface area (Å²) >= 11 is 0. The van der Waals surface area contributed by atoms with E-state index in [2.05, 4.69) is 0 Å². The fourth-order valence-corrected chi connectivity index (χ4v) is 2.30. The molecule has 0 unspecified atom stereocenters. The van der Waals surface area contributed by atoms with Gasteiger partial charge in [-0.2, -0.15) is 0 Å². The third-order valence-electron chi connectivity index (χ3n) is 3.42. The van der Waals surface area contributed by atoms with Crippen LogP contribution < -0.4 is 4.74 Å². The van der Waals surface area contributed by atoms with Crippen molar-refractivity contribution in [3.63, 3.8) is 0 Å².